The molecule has 6 heteroatoms. The topological polar surface area (TPSA) is 60.7 Å². The fraction of sp³-hybridized carbons (Fsp3) is 0.188. The summed E-state index contributed by atoms with van der Waals surface area (Å²) in [6, 6.07) is 9.41. The van der Waals surface area contributed by atoms with E-state index in [1.165, 1.54) is 6.26 Å². The van der Waals surface area contributed by atoms with Gasteiger partial charge >= 0.3 is 0 Å². The molecular weight excluding hydrogens is 300 g/mol. The van der Waals surface area contributed by atoms with Crippen LogP contribution < -0.4 is 4.74 Å². The maximum Gasteiger partial charge on any atom is 0.151 e. The summed E-state index contributed by atoms with van der Waals surface area (Å²) < 4.78 is 30.3. The minimum atomic E-state index is -3.08. The average molecular weight is 316 g/mol. The summed E-state index contributed by atoms with van der Waals surface area (Å²) in [5.74, 6) is 0.634. The summed E-state index contributed by atoms with van der Waals surface area (Å²) in [4.78, 5) is 4.23. The second-order valence-electron chi connectivity index (χ2n) is 5.21. The maximum absolute atomic E-state index is 11.4. The molecule has 0 saturated carbocycles. The summed E-state index contributed by atoms with van der Waals surface area (Å²) in [5.41, 5.74) is 3.55. The van der Waals surface area contributed by atoms with Crippen LogP contribution >= 0.6 is 0 Å². The van der Waals surface area contributed by atoms with Crippen LogP contribution in [0.15, 0.2) is 49.1 Å². The van der Waals surface area contributed by atoms with Crippen LogP contribution in [0.2, 0.25) is 0 Å². The molecule has 0 saturated heterocycles. The Hall–Kier alpha value is -2.34. The van der Waals surface area contributed by atoms with Gasteiger partial charge in [-0.3, -0.25) is 0 Å². The Bertz CT molecular complexity index is 929. The zero-order valence-electron chi connectivity index (χ0n) is 12.4. The van der Waals surface area contributed by atoms with Crippen molar-refractivity contribution < 1.29 is 13.2 Å². The van der Waals surface area contributed by atoms with Crippen molar-refractivity contribution in [3.8, 4) is 16.9 Å². The molecule has 0 spiro atoms. The van der Waals surface area contributed by atoms with Crippen LogP contribution in [0.5, 0.6) is 5.75 Å². The lowest BCUT2D eigenvalue weighted by atomic mass is 10.0. The minimum Gasteiger partial charge on any atom is -0.496 e. The third-order valence-electron chi connectivity index (χ3n) is 3.43. The molecule has 0 aliphatic rings. The molecule has 0 radical (unpaired) electrons. The maximum atomic E-state index is 11.4. The molecule has 1 aromatic carbocycles. The lowest BCUT2D eigenvalue weighted by molar-refractivity contribution is 0.416. The number of fused-ring (bicyclic) bond motifs is 1. The molecule has 5 nitrogen and oxygen atoms in total. The summed E-state index contributed by atoms with van der Waals surface area (Å²) in [6.07, 6.45) is 6.67. The van der Waals surface area contributed by atoms with E-state index in [1.54, 1.807) is 25.7 Å². The van der Waals surface area contributed by atoms with Crippen molar-refractivity contribution in [1.82, 2.24) is 9.38 Å². The largest absolute Gasteiger partial charge is 0.496 e. The van der Waals surface area contributed by atoms with Crippen molar-refractivity contribution in [2.24, 2.45) is 0 Å². The monoisotopic (exact) mass is 316 g/mol. The van der Waals surface area contributed by atoms with Crippen LogP contribution in [0.4, 0.5) is 0 Å². The minimum absolute atomic E-state index is 0.00276. The molecule has 22 heavy (non-hydrogen) atoms. The molecule has 3 rings (SSSR count). The van der Waals surface area contributed by atoms with Gasteiger partial charge in [-0.25, -0.2) is 13.4 Å². The Morgan fingerprint density at radius 3 is 2.77 bits per heavy atom. The van der Waals surface area contributed by atoms with Crippen molar-refractivity contribution in [2.75, 3.05) is 13.4 Å². The Labute approximate surface area is 129 Å². The number of sulfone groups is 1. The first kappa shape index (κ1) is 14.6. The number of ether oxygens (including phenoxy) is 1. The number of hydrogen-bond acceptors (Lipinski definition) is 4. The number of rotatable bonds is 4. The highest BCUT2D eigenvalue weighted by Crippen LogP contribution is 2.33. The summed E-state index contributed by atoms with van der Waals surface area (Å²) in [6.45, 7) is 0. The van der Waals surface area contributed by atoms with Crippen LogP contribution in [-0.4, -0.2) is 31.2 Å². The van der Waals surface area contributed by atoms with Crippen molar-refractivity contribution >= 4 is 15.4 Å². The normalized spacial score (nSPS) is 11.7. The van der Waals surface area contributed by atoms with Gasteiger partial charge in [0.05, 0.1) is 24.7 Å². The molecule has 0 atom stereocenters. The van der Waals surface area contributed by atoms with Crippen LogP contribution in [0, 0.1) is 0 Å². The molecular formula is C16H16N2O3S. The molecule has 114 valence electrons. The van der Waals surface area contributed by atoms with Gasteiger partial charge in [-0.15, -0.1) is 0 Å². The molecule has 0 N–H and O–H groups in total. The second-order valence-corrected chi connectivity index (χ2v) is 7.35. The first-order valence-corrected chi connectivity index (χ1v) is 8.80. The van der Waals surface area contributed by atoms with Crippen molar-refractivity contribution in [2.45, 2.75) is 5.75 Å². The Kier molecular flexibility index (Phi) is 3.62. The smallest absolute Gasteiger partial charge is 0.151 e. The predicted octanol–water partition coefficient (Wildman–Crippen LogP) is 2.55. The van der Waals surface area contributed by atoms with Gasteiger partial charge in [-0.2, -0.15) is 0 Å². The van der Waals surface area contributed by atoms with Crippen molar-refractivity contribution in [3.63, 3.8) is 0 Å². The Balaban J connectivity index is 2.13. The molecule has 0 bridgehead atoms. The van der Waals surface area contributed by atoms with Gasteiger partial charge in [0.1, 0.15) is 5.75 Å². The summed E-state index contributed by atoms with van der Waals surface area (Å²) >= 11 is 0. The van der Waals surface area contributed by atoms with Gasteiger partial charge in [0, 0.05) is 29.8 Å². The molecule has 0 fully saturated rings. The van der Waals surface area contributed by atoms with Crippen LogP contribution in [0.3, 0.4) is 0 Å². The van der Waals surface area contributed by atoms with Gasteiger partial charge in [0.15, 0.2) is 9.84 Å². The fourth-order valence-electron chi connectivity index (χ4n) is 2.53. The average Bonchev–Trinajstić information content (AvgIpc) is 2.94. The van der Waals surface area contributed by atoms with Crippen LogP contribution in [0.25, 0.3) is 16.6 Å². The number of aromatic nitrogens is 2. The van der Waals surface area contributed by atoms with Gasteiger partial charge in [-0.1, -0.05) is 12.1 Å². The molecule has 0 aliphatic carbocycles. The SMILES string of the molecule is COc1cc(CS(C)(=O)=O)ccc1-c1cncn2cccc12. The second kappa shape index (κ2) is 5.46. The van der Waals surface area contributed by atoms with Crippen molar-refractivity contribution in [3.05, 3.63) is 54.6 Å². The molecule has 0 unspecified atom stereocenters. The molecule has 0 aliphatic heterocycles. The van der Waals surface area contributed by atoms with E-state index in [0.29, 0.717) is 11.3 Å². The molecule has 2 aromatic heterocycles. The van der Waals surface area contributed by atoms with E-state index in [0.717, 1.165) is 16.6 Å². The molecule has 3 aromatic rings. The third kappa shape index (κ3) is 2.82. The zero-order chi connectivity index (χ0) is 15.7. The molecule has 0 amide bonds. The predicted molar refractivity (Wildman–Crippen MR) is 85.7 cm³/mol. The number of hydrogen-bond donors (Lipinski definition) is 0. The number of methoxy groups -OCH3 is 1. The van der Waals surface area contributed by atoms with Crippen LogP contribution in [-0.2, 0) is 15.6 Å². The summed E-state index contributed by atoms with van der Waals surface area (Å²) in [5, 5.41) is 0. The van der Waals surface area contributed by atoms with E-state index in [2.05, 4.69) is 4.98 Å². The summed E-state index contributed by atoms with van der Waals surface area (Å²) in [7, 11) is -1.50. The standard InChI is InChI=1S/C16H16N2O3S/c1-21-16-8-12(10-22(2,19)20)5-6-13(16)14-9-17-11-18-7-3-4-15(14)18/h3-9,11H,10H2,1-2H3. The van der Waals surface area contributed by atoms with Gasteiger partial charge < -0.3 is 9.14 Å². The van der Waals surface area contributed by atoms with E-state index in [9.17, 15) is 8.42 Å². The van der Waals surface area contributed by atoms with E-state index in [4.69, 9.17) is 4.74 Å². The highest BCUT2D eigenvalue weighted by atomic mass is 32.2. The van der Waals surface area contributed by atoms with Gasteiger partial charge in [0.25, 0.3) is 0 Å². The Morgan fingerprint density at radius 2 is 2.05 bits per heavy atom. The quantitative estimate of drug-likeness (QED) is 0.742. The highest BCUT2D eigenvalue weighted by Gasteiger charge is 2.13. The van der Waals surface area contributed by atoms with Gasteiger partial charge in [0.2, 0.25) is 0 Å². The lowest BCUT2D eigenvalue weighted by Crippen LogP contribution is -2.01. The first-order chi connectivity index (χ1) is 10.5. The van der Waals surface area contributed by atoms with Crippen molar-refractivity contribution in [1.29, 1.82) is 0 Å². The fourth-order valence-corrected chi connectivity index (χ4v) is 3.31. The first-order valence-electron chi connectivity index (χ1n) is 6.73. The van der Waals surface area contributed by atoms with E-state index in [-0.39, 0.29) is 5.75 Å². The zero-order valence-corrected chi connectivity index (χ0v) is 13.2. The molecule has 2 heterocycles. The van der Waals surface area contributed by atoms with E-state index >= 15 is 0 Å². The van der Waals surface area contributed by atoms with Crippen LogP contribution in [0.1, 0.15) is 5.56 Å². The number of benzene rings is 1. The number of nitrogens with zero attached hydrogens (tertiary/aromatic N) is 2. The van der Waals surface area contributed by atoms with E-state index in [1.807, 2.05) is 34.9 Å². The van der Waals surface area contributed by atoms with E-state index < -0.39 is 9.84 Å². The highest BCUT2D eigenvalue weighted by molar-refractivity contribution is 7.89. The van der Waals surface area contributed by atoms with Gasteiger partial charge in [-0.05, 0) is 23.8 Å². The Morgan fingerprint density at radius 1 is 1.23 bits per heavy atom. The third-order valence-corrected chi connectivity index (χ3v) is 4.29. The lowest BCUT2D eigenvalue weighted by Gasteiger charge is -2.12.